The van der Waals surface area contributed by atoms with Crippen molar-refractivity contribution < 1.29 is 13.9 Å². The van der Waals surface area contributed by atoms with Gasteiger partial charge in [0.15, 0.2) is 6.61 Å². The standard InChI is InChI=1S/C21H18ClNO4/c22-14-4-1-3-13(9-14)11-23-20(24)12-26-15-7-8-17-16-5-2-6-18(16)21(25)27-19(17)10-15/h1,3-4,7-10H,2,5-6,11-12H2,(H,23,24). The van der Waals surface area contributed by atoms with Crippen LogP contribution in [0.2, 0.25) is 5.02 Å². The minimum absolute atomic E-state index is 0.124. The number of halogens is 1. The monoisotopic (exact) mass is 383 g/mol. The van der Waals surface area contributed by atoms with Crippen molar-refractivity contribution in [3.63, 3.8) is 0 Å². The molecule has 2 aromatic carbocycles. The number of hydrogen-bond donors (Lipinski definition) is 1. The number of aryl methyl sites for hydroxylation is 1. The van der Waals surface area contributed by atoms with E-state index >= 15 is 0 Å². The average molecular weight is 384 g/mol. The Balaban J connectivity index is 1.41. The van der Waals surface area contributed by atoms with Crippen molar-refractivity contribution >= 4 is 28.5 Å². The van der Waals surface area contributed by atoms with Gasteiger partial charge in [0.05, 0.1) is 0 Å². The first kappa shape index (κ1) is 17.6. The van der Waals surface area contributed by atoms with Crippen molar-refractivity contribution in [1.29, 1.82) is 0 Å². The van der Waals surface area contributed by atoms with Gasteiger partial charge in [-0.2, -0.15) is 0 Å². The Labute approximate surface area is 160 Å². The molecule has 3 aromatic rings. The molecule has 5 nitrogen and oxygen atoms in total. The van der Waals surface area contributed by atoms with Crippen LogP contribution in [0.3, 0.4) is 0 Å². The van der Waals surface area contributed by atoms with Gasteiger partial charge in [-0.15, -0.1) is 0 Å². The lowest BCUT2D eigenvalue weighted by Gasteiger charge is -2.09. The Bertz CT molecular complexity index is 1070. The van der Waals surface area contributed by atoms with E-state index in [-0.39, 0.29) is 18.1 Å². The second kappa shape index (κ2) is 7.45. The van der Waals surface area contributed by atoms with Gasteiger partial charge >= 0.3 is 5.63 Å². The third-order valence-electron chi connectivity index (χ3n) is 4.69. The molecular formula is C21H18ClNO4. The highest BCUT2D eigenvalue weighted by molar-refractivity contribution is 6.30. The zero-order valence-corrected chi connectivity index (χ0v) is 15.3. The number of nitrogens with one attached hydrogen (secondary N) is 1. The number of ether oxygens (including phenoxy) is 1. The molecule has 0 atom stereocenters. The molecule has 1 aliphatic rings. The van der Waals surface area contributed by atoms with Crippen molar-refractivity contribution in [2.45, 2.75) is 25.8 Å². The predicted octanol–water partition coefficient (Wildman–Crippen LogP) is 3.63. The summed E-state index contributed by atoms with van der Waals surface area (Å²) >= 11 is 5.93. The van der Waals surface area contributed by atoms with Gasteiger partial charge in [-0.05, 0) is 54.7 Å². The Morgan fingerprint density at radius 2 is 2.00 bits per heavy atom. The molecule has 0 saturated heterocycles. The maximum absolute atomic E-state index is 12.1. The normalized spacial score (nSPS) is 12.8. The molecule has 0 spiro atoms. The van der Waals surface area contributed by atoms with E-state index in [4.69, 9.17) is 20.8 Å². The minimum atomic E-state index is -0.272. The number of benzene rings is 2. The number of amides is 1. The van der Waals surface area contributed by atoms with Gasteiger partial charge in [0, 0.05) is 28.6 Å². The smallest absolute Gasteiger partial charge is 0.339 e. The van der Waals surface area contributed by atoms with Crippen LogP contribution in [0.15, 0.2) is 51.7 Å². The van der Waals surface area contributed by atoms with Crippen LogP contribution in [0.25, 0.3) is 11.0 Å². The fraction of sp³-hybridized carbons (Fsp3) is 0.238. The number of carbonyl (C=O) groups excluding carboxylic acids is 1. The van der Waals surface area contributed by atoms with Crippen molar-refractivity contribution in [2.24, 2.45) is 0 Å². The fourth-order valence-electron chi connectivity index (χ4n) is 3.40. The summed E-state index contributed by atoms with van der Waals surface area (Å²) in [5, 5.41) is 4.35. The van der Waals surface area contributed by atoms with Gasteiger partial charge in [-0.3, -0.25) is 4.79 Å². The Hall–Kier alpha value is -2.79. The van der Waals surface area contributed by atoms with E-state index in [0.717, 1.165) is 41.3 Å². The van der Waals surface area contributed by atoms with Crippen molar-refractivity contribution in [1.82, 2.24) is 5.32 Å². The first-order chi connectivity index (χ1) is 13.1. The lowest BCUT2D eigenvalue weighted by Crippen LogP contribution is -2.28. The van der Waals surface area contributed by atoms with E-state index in [1.54, 1.807) is 24.3 Å². The van der Waals surface area contributed by atoms with E-state index in [1.807, 2.05) is 18.2 Å². The molecule has 0 bridgehead atoms. The summed E-state index contributed by atoms with van der Waals surface area (Å²) in [6.07, 6.45) is 2.65. The SMILES string of the molecule is O=C(COc1ccc2c3c(c(=O)oc2c1)CCC3)NCc1cccc(Cl)c1. The second-order valence-corrected chi connectivity index (χ2v) is 6.99. The molecule has 1 heterocycles. The van der Waals surface area contributed by atoms with Crippen LogP contribution in [-0.2, 0) is 24.2 Å². The second-order valence-electron chi connectivity index (χ2n) is 6.55. The molecule has 6 heteroatoms. The summed E-state index contributed by atoms with van der Waals surface area (Å²) in [6.45, 7) is 0.253. The summed E-state index contributed by atoms with van der Waals surface area (Å²) in [6, 6.07) is 12.7. The molecule has 27 heavy (non-hydrogen) atoms. The largest absolute Gasteiger partial charge is 0.484 e. The van der Waals surface area contributed by atoms with Crippen molar-refractivity contribution in [3.05, 3.63) is 74.6 Å². The summed E-state index contributed by atoms with van der Waals surface area (Å²) in [5.74, 6) is 0.243. The number of fused-ring (bicyclic) bond motifs is 3. The maximum atomic E-state index is 12.1. The molecular weight excluding hydrogens is 366 g/mol. The molecule has 1 amide bonds. The molecule has 0 saturated carbocycles. The Kier molecular flexibility index (Phi) is 4.86. The number of hydrogen-bond acceptors (Lipinski definition) is 4. The van der Waals surface area contributed by atoms with Crippen LogP contribution in [0.5, 0.6) is 5.75 Å². The lowest BCUT2D eigenvalue weighted by atomic mass is 10.1. The van der Waals surface area contributed by atoms with E-state index in [1.165, 1.54) is 0 Å². The fourth-order valence-corrected chi connectivity index (χ4v) is 3.61. The molecule has 1 aromatic heterocycles. The minimum Gasteiger partial charge on any atom is -0.484 e. The van der Waals surface area contributed by atoms with E-state index in [2.05, 4.69) is 5.32 Å². The van der Waals surface area contributed by atoms with Crippen LogP contribution in [-0.4, -0.2) is 12.5 Å². The van der Waals surface area contributed by atoms with Gasteiger partial charge in [0.25, 0.3) is 5.91 Å². The summed E-state index contributed by atoms with van der Waals surface area (Å²) in [7, 11) is 0. The van der Waals surface area contributed by atoms with E-state index in [0.29, 0.717) is 22.9 Å². The first-order valence-corrected chi connectivity index (χ1v) is 9.20. The van der Waals surface area contributed by atoms with Gasteiger partial charge < -0.3 is 14.5 Å². The van der Waals surface area contributed by atoms with Crippen LogP contribution in [0.4, 0.5) is 0 Å². The van der Waals surface area contributed by atoms with Crippen molar-refractivity contribution in [3.8, 4) is 5.75 Å². The third kappa shape index (κ3) is 3.83. The highest BCUT2D eigenvalue weighted by Crippen LogP contribution is 2.29. The molecule has 138 valence electrons. The zero-order chi connectivity index (χ0) is 18.8. The average Bonchev–Trinajstić information content (AvgIpc) is 3.15. The molecule has 0 fully saturated rings. The van der Waals surface area contributed by atoms with Crippen molar-refractivity contribution in [2.75, 3.05) is 6.61 Å². The maximum Gasteiger partial charge on any atom is 0.339 e. The number of carbonyl (C=O) groups is 1. The Morgan fingerprint density at radius 3 is 2.85 bits per heavy atom. The van der Waals surface area contributed by atoms with Gasteiger partial charge in [0.1, 0.15) is 11.3 Å². The molecule has 1 aliphatic carbocycles. The Morgan fingerprint density at radius 1 is 1.15 bits per heavy atom. The highest BCUT2D eigenvalue weighted by atomic mass is 35.5. The third-order valence-corrected chi connectivity index (χ3v) is 4.93. The van der Waals surface area contributed by atoms with E-state index < -0.39 is 0 Å². The summed E-state index contributed by atoms with van der Waals surface area (Å²) in [5.41, 5.74) is 3.00. The molecule has 0 radical (unpaired) electrons. The molecule has 1 N–H and O–H groups in total. The quantitative estimate of drug-likeness (QED) is 0.683. The zero-order valence-electron chi connectivity index (χ0n) is 14.6. The molecule has 0 unspecified atom stereocenters. The van der Waals surface area contributed by atoms with Gasteiger partial charge in [-0.1, -0.05) is 23.7 Å². The van der Waals surface area contributed by atoms with Crippen LogP contribution < -0.4 is 15.7 Å². The summed E-state index contributed by atoms with van der Waals surface area (Å²) < 4.78 is 11.0. The highest BCUT2D eigenvalue weighted by Gasteiger charge is 2.19. The van der Waals surface area contributed by atoms with Gasteiger partial charge in [-0.25, -0.2) is 4.79 Å². The number of rotatable bonds is 5. The van der Waals surface area contributed by atoms with Crippen LogP contribution in [0.1, 0.15) is 23.1 Å². The van der Waals surface area contributed by atoms with E-state index in [9.17, 15) is 9.59 Å². The summed E-state index contributed by atoms with van der Waals surface area (Å²) in [4.78, 5) is 24.1. The molecule has 4 rings (SSSR count). The topological polar surface area (TPSA) is 68.5 Å². The molecule has 0 aliphatic heterocycles. The van der Waals surface area contributed by atoms with Gasteiger partial charge in [0.2, 0.25) is 0 Å². The van der Waals surface area contributed by atoms with Crippen LogP contribution >= 0.6 is 11.6 Å². The van der Waals surface area contributed by atoms with Crippen LogP contribution in [0, 0.1) is 0 Å². The lowest BCUT2D eigenvalue weighted by molar-refractivity contribution is -0.123. The predicted molar refractivity (Wildman–Crippen MR) is 103 cm³/mol. The first-order valence-electron chi connectivity index (χ1n) is 8.83.